The Morgan fingerprint density at radius 3 is 2.00 bits per heavy atom. The number of benzene rings is 1. The highest BCUT2D eigenvalue weighted by molar-refractivity contribution is 5.81. The second kappa shape index (κ2) is 5.94. The lowest BCUT2D eigenvalue weighted by Crippen LogP contribution is -2.39. The molecule has 0 aliphatic heterocycles. The Hall–Kier alpha value is -1.51. The Labute approximate surface area is 134 Å². The van der Waals surface area contributed by atoms with Crippen LogP contribution in [0, 0.1) is 5.41 Å². The van der Waals surface area contributed by atoms with Gasteiger partial charge >= 0.3 is 5.97 Å². The molecule has 0 spiro atoms. The normalized spacial score (nSPS) is 15.4. The van der Waals surface area contributed by atoms with Gasteiger partial charge in [-0.2, -0.15) is 0 Å². The minimum Gasteiger partial charge on any atom is -0.508 e. The average molecular weight is 306 g/mol. The number of phenols is 1. The lowest BCUT2D eigenvalue weighted by molar-refractivity contribution is -0.145. The molecular weight excluding hydrogens is 276 g/mol. The van der Waals surface area contributed by atoms with Crippen LogP contribution in [0.25, 0.3) is 0 Å². The van der Waals surface area contributed by atoms with Gasteiger partial charge in [0.05, 0.1) is 5.41 Å². The van der Waals surface area contributed by atoms with Crippen molar-refractivity contribution in [1.29, 1.82) is 0 Å². The van der Waals surface area contributed by atoms with E-state index in [4.69, 9.17) is 0 Å². The van der Waals surface area contributed by atoms with Crippen LogP contribution in [0.1, 0.15) is 72.4 Å². The topological polar surface area (TPSA) is 57.5 Å². The lowest BCUT2D eigenvalue weighted by Gasteiger charge is -2.36. The summed E-state index contributed by atoms with van der Waals surface area (Å²) in [5, 5.41) is 20.1. The molecule has 3 heteroatoms. The van der Waals surface area contributed by atoms with Crippen LogP contribution in [0.5, 0.6) is 5.75 Å². The molecule has 0 aromatic heterocycles. The van der Waals surface area contributed by atoms with Gasteiger partial charge in [0, 0.05) is 0 Å². The Balaban J connectivity index is 3.54. The zero-order valence-corrected chi connectivity index (χ0v) is 14.9. The summed E-state index contributed by atoms with van der Waals surface area (Å²) in [4.78, 5) is 12.1. The van der Waals surface area contributed by atoms with E-state index in [2.05, 4.69) is 20.8 Å². The van der Waals surface area contributed by atoms with Crippen LogP contribution in [-0.4, -0.2) is 16.2 Å². The van der Waals surface area contributed by atoms with Crippen LogP contribution < -0.4 is 0 Å². The van der Waals surface area contributed by atoms with Gasteiger partial charge in [-0.05, 0) is 40.9 Å². The zero-order chi connectivity index (χ0) is 17.3. The number of carbonyl (C=O) groups is 1. The van der Waals surface area contributed by atoms with Crippen molar-refractivity contribution in [2.24, 2.45) is 5.41 Å². The SMILES string of the molecule is CCC(CC(C)(C)C)(C(=O)O)c1ccc(O)c(C(C)(C)C)c1. The molecule has 22 heavy (non-hydrogen) atoms. The van der Waals surface area contributed by atoms with Crippen molar-refractivity contribution < 1.29 is 15.0 Å². The van der Waals surface area contributed by atoms with E-state index in [1.54, 1.807) is 12.1 Å². The molecule has 0 radical (unpaired) electrons. The summed E-state index contributed by atoms with van der Waals surface area (Å²) in [6.45, 7) is 14.2. The Morgan fingerprint density at radius 2 is 1.64 bits per heavy atom. The first-order valence-corrected chi connectivity index (χ1v) is 7.91. The first-order chi connectivity index (χ1) is 9.83. The lowest BCUT2D eigenvalue weighted by atomic mass is 9.67. The van der Waals surface area contributed by atoms with Crippen LogP contribution in [0.2, 0.25) is 0 Å². The minimum absolute atomic E-state index is 0.103. The predicted octanol–water partition coefficient (Wildman–Crippen LogP) is 4.86. The molecule has 124 valence electrons. The van der Waals surface area contributed by atoms with Crippen molar-refractivity contribution in [3.05, 3.63) is 29.3 Å². The molecule has 0 heterocycles. The van der Waals surface area contributed by atoms with E-state index in [0.29, 0.717) is 12.8 Å². The van der Waals surface area contributed by atoms with Crippen molar-refractivity contribution in [3.8, 4) is 5.75 Å². The van der Waals surface area contributed by atoms with E-state index in [1.165, 1.54) is 0 Å². The van der Waals surface area contributed by atoms with E-state index >= 15 is 0 Å². The second-order valence-corrected chi connectivity index (χ2v) is 8.46. The van der Waals surface area contributed by atoms with Crippen LogP contribution in [0.15, 0.2) is 18.2 Å². The molecule has 0 fully saturated rings. The van der Waals surface area contributed by atoms with Crippen molar-refractivity contribution in [2.75, 3.05) is 0 Å². The number of aromatic hydroxyl groups is 1. The Bertz CT molecular complexity index is 547. The van der Waals surface area contributed by atoms with Gasteiger partial charge in [0.1, 0.15) is 5.75 Å². The number of rotatable bonds is 4. The maximum Gasteiger partial charge on any atom is 0.314 e. The molecule has 0 saturated heterocycles. The number of carboxylic acid groups (broad SMARTS) is 1. The fourth-order valence-electron chi connectivity index (χ4n) is 3.12. The number of hydrogen-bond donors (Lipinski definition) is 2. The van der Waals surface area contributed by atoms with Gasteiger partial charge in [0.25, 0.3) is 0 Å². The third-order valence-corrected chi connectivity index (χ3v) is 4.20. The molecule has 1 unspecified atom stereocenters. The van der Waals surface area contributed by atoms with Gasteiger partial charge in [-0.25, -0.2) is 0 Å². The van der Waals surface area contributed by atoms with Crippen LogP contribution >= 0.6 is 0 Å². The first kappa shape index (κ1) is 18.5. The van der Waals surface area contributed by atoms with Crippen LogP contribution in [0.3, 0.4) is 0 Å². The monoisotopic (exact) mass is 306 g/mol. The van der Waals surface area contributed by atoms with Crippen LogP contribution in [-0.2, 0) is 15.6 Å². The summed E-state index contributed by atoms with van der Waals surface area (Å²) in [5.41, 5.74) is 0.304. The maximum absolute atomic E-state index is 12.1. The number of aliphatic carboxylic acids is 1. The fraction of sp³-hybridized carbons (Fsp3) is 0.632. The molecule has 1 rings (SSSR count). The summed E-state index contributed by atoms with van der Waals surface area (Å²) in [6, 6.07) is 5.26. The fourth-order valence-corrected chi connectivity index (χ4v) is 3.12. The third kappa shape index (κ3) is 3.82. The number of carboxylic acids is 1. The average Bonchev–Trinajstić information content (AvgIpc) is 2.33. The van der Waals surface area contributed by atoms with Crippen molar-refractivity contribution in [2.45, 2.75) is 72.1 Å². The predicted molar refractivity (Wildman–Crippen MR) is 90.5 cm³/mol. The molecule has 0 saturated carbocycles. The van der Waals surface area contributed by atoms with Crippen molar-refractivity contribution >= 4 is 5.97 Å². The molecule has 0 amide bonds. The molecule has 1 aromatic carbocycles. The molecule has 2 N–H and O–H groups in total. The summed E-state index contributed by atoms with van der Waals surface area (Å²) >= 11 is 0. The standard InChI is InChI=1S/C19H30O3/c1-8-19(16(21)22,12-17(2,3)4)13-9-10-15(20)14(11-13)18(5,6)7/h9-11,20H,8,12H2,1-7H3,(H,21,22). The third-order valence-electron chi connectivity index (χ3n) is 4.20. The molecule has 3 nitrogen and oxygen atoms in total. The van der Waals surface area contributed by atoms with Gasteiger partial charge in [0.2, 0.25) is 0 Å². The smallest absolute Gasteiger partial charge is 0.314 e. The van der Waals surface area contributed by atoms with Crippen molar-refractivity contribution in [1.82, 2.24) is 0 Å². The quantitative estimate of drug-likeness (QED) is 0.835. The zero-order valence-electron chi connectivity index (χ0n) is 14.9. The highest BCUT2D eigenvalue weighted by Crippen LogP contribution is 2.42. The van der Waals surface area contributed by atoms with E-state index in [1.807, 2.05) is 33.8 Å². The van der Waals surface area contributed by atoms with Crippen molar-refractivity contribution in [3.63, 3.8) is 0 Å². The summed E-state index contributed by atoms with van der Waals surface area (Å²) in [6.07, 6.45) is 1.08. The molecule has 0 bridgehead atoms. The highest BCUT2D eigenvalue weighted by atomic mass is 16.4. The number of hydrogen-bond acceptors (Lipinski definition) is 2. The molecule has 0 aliphatic carbocycles. The van der Waals surface area contributed by atoms with E-state index < -0.39 is 11.4 Å². The van der Waals surface area contributed by atoms with Gasteiger partial charge in [-0.15, -0.1) is 0 Å². The molecular formula is C19H30O3. The van der Waals surface area contributed by atoms with E-state index in [9.17, 15) is 15.0 Å². The summed E-state index contributed by atoms with van der Waals surface area (Å²) in [7, 11) is 0. The molecule has 1 atom stereocenters. The highest BCUT2D eigenvalue weighted by Gasteiger charge is 2.42. The minimum atomic E-state index is -0.925. The van der Waals surface area contributed by atoms with Gasteiger partial charge in [0.15, 0.2) is 0 Å². The van der Waals surface area contributed by atoms with Gasteiger partial charge in [-0.3, -0.25) is 4.79 Å². The Morgan fingerprint density at radius 1 is 1.09 bits per heavy atom. The first-order valence-electron chi connectivity index (χ1n) is 7.91. The number of phenolic OH excluding ortho intramolecular Hbond substituents is 1. The van der Waals surface area contributed by atoms with E-state index in [-0.39, 0.29) is 16.6 Å². The Kier molecular flexibility index (Phi) is 5.01. The molecule has 0 aliphatic rings. The summed E-state index contributed by atoms with van der Waals surface area (Å²) < 4.78 is 0. The second-order valence-electron chi connectivity index (χ2n) is 8.46. The maximum atomic E-state index is 12.1. The largest absolute Gasteiger partial charge is 0.508 e. The van der Waals surface area contributed by atoms with Gasteiger partial charge in [-0.1, -0.05) is 60.6 Å². The van der Waals surface area contributed by atoms with E-state index in [0.717, 1.165) is 11.1 Å². The van der Waals surface area contributed by atoms with Crippen LogP contribution in [0.4, 0.5) is 0 Å². The molecule has 1 aromatic rings. The van der Waals surface area contributed by atoms with Gasteiger partial charge < -0.3 is 10.2 Å². The summed E-state index contributed by atoms with van der Waals surface area (Å²) in [5.74, 6) is -0.571.